The standard InChI is InChI=1S/C47H75N7O13/c1-12-30(4)54(45(65)46(6,7)8)26-38(60)53-20-16-19-33(53)44(64)52(22-32-17-14-13-15-18-32)25-37(59)51(24-36(58)50(21-29(2)3)27-39(61)67-47(9,10)11)23-35(57)49-43-40(48-31(5)56)42(63)41(62)34(28-55)66-43/h13-15,17-18,29-30,33-34,40-43,55,62-63H,12,16,19-28H2,1-11H3,(H,48,56)(H,49,57)/t30?,33?,34-,40-,41-,42-,43-/m1/s1. The van der Waals surface area contributed by atoms with Gasteiger partial charge in [0, 0.05) is 38.0 Å². The SMILES string of the molecule is CCC(C)N(CC(=O)N1CCCC1C(=O)N(CC(=O)N(CC(=O)N[C@@H]1O[C@H](CO)[C@@H](O)[C@H](O)[C@H]1NC(C)=O)CC(=O)N(CC(=O)OC(C)(C)C)CC(C)C)Cc1ccccc1)C(=O)C(C)(C)C. The molecule has 3 rings (SSSR count). The Morgan fingerprint density at radius 3 is 2.00 bits per heavy atom. The van der Waals surface area contributed by atoms with Gasteiger partial charge in [0.25, 0.3) is 0 Å². The number of hydrogen-bond donors (Lipinski definition) is 5. The summed E-state index contributed by atoms with van der Waals surface area (Å²) < 4.78 is 11.1. The highest BCUT2D eigenvalue weighted by molar-refractivity contribution is 5.95. The van der Waals surface area contributed by atoms with Crippen molar-refractivity contribution in [2.24, 2.45) is 11.3 Å². The third kappa shape index (κ3) is 16.8. The van der Waals surface area contributed by atoms with Crippen LogP contribution in [0.15, 0.2) is 30.3 Å². The maximum absolute atomic E-state index is 14.8. The smallest absolute Gasteiger partial charge is 0.326 e. The lowest BCUT2D eigenvalue weighted by atomic mass is 9.93. The molecule has 0 spiro atoms. The topological polar surface area (TPSA) is 256 Å². The summed E-state index contributed by atoms with van der Waals surface area (Å²) in [5.41, 5.74) is -1.01. The molecule has 0 aliphatic carbocycles. The summed E-state index contributed by atoms with van der Waals surface area (Å²) in [6, 6.07) is 6.12. The maximum atomic E-state index is 14.8. The normalized spacial score (nSPS) is 21.2. The number of ether oxygens (including phenoxy) is 2. The molecule has 1 aromatic rings. The van der Waals surface area contributed by atoms with Crippen molar-refractivity contribution in [3.05, 3.63) is 35.9 Å². The molecule has 2 fully saturated rings. The molecule has 2 aliphatic rings. The van der Waals surface area contributed by atoms with Gasteiger partial charge in [-0.05, 0) is 58.4 Å². The molecular formula is C47H75N7O13. The first-order chi connectivity index (χ1) is 31.2. The number of carbonyl (C=O) groups is 8. The lowest BCUT2D eigenvalue weighted by molar-refractivity contribution is -0.203. The van der Waals surface area contributed by atoms with Gasteiger partial charge in [-0.2, -0.15) is 0 Å². The predicted molar refractivity (Wildman–Crippen MR) is 245 cm³/mol. The molecule has 0 bridgehead atoms. The molecule has 2 saturated heterocycles. The summed E-state index contributed by atoms with van der Waals surface area (Å²) in [5, 5.41) is 36.1. The van der Waals surface area contributed by atoms with Crippen LogP contribution in [0.2, 0.25) is 0 Å². The summed E-state index contributed by atoms with van der Waals surface area (Å²) in [5.74, 6) is -5.25. The Balaban J connectivity index is 2.04. The monoisotopic (exact) mass is 946 g/mol. The van der Waals surface area contributed by atoms with Gasteiger partial charge in [0.15, 0.2) is 6.23 Å². The number of rotatable bonds is 20. The van der Waals surface area contributed by atoms with E-state index in [0.29, 0.717) is 18.4 Å². The van der Waals surface area contributed by atoms with Crippen molar-refractivity contribution >= 4 is 47.3 Å². The molecule has 20 heteroatoms. The van der Waals surface area contributed by atoms with Gasteiger partial charge in [0.1, 0.15) is 68.7 Å². The molecule has 1 aromatic carbocycles. The third-order valence-corrected chi connectivity index (χ3v) is 11.3. The number of amides is 7. The molecule has 0 aromatic heterocycles. The largest absolute Gasteiger partial charge is 0.459 e. The summed E-state index contributed by atoms with van der Waals surface area (Å²) in [4.78, 5) is 117. The Morgan fingerprint density at radius 2 is 1.45 bits per heavy atom. The van der Waals surface area contributed by atoms with Crippen molar-refractivity contribution in [3.8, 4) is 0 Å². The van der Waals surface area contributed by atoms with E-state index in [-0.39, 0.29) is 50.5 Å². The highest BCUT2D eigenvalue weighted by atomic mass is 16.6. The molecule has 7 amide bonds. The minimum absolute atomic E-state index is 0.0728. The Morgan fingerprint density at radius 1 is 0.836 bits per heavy atom. The molecule has 2 heterocycles. The Hall–Kier alpha value is -5.18. The first kappa shape index (κ1) is 56.1. The summed E-state index contributed by atoms with van der Waals surface area (Å²) in [6.07, 6.45) is -4.91. The maximum Gasteiger partial charge on any atom is 0.326 e. The van der Waals surface area contributed by atoms with Crippen LogP contribution < -0.4 is 10.6 Å². The fraction of sp³-hybridized carbons (Fsp3) is 0.702. The zero-order valence-corrected chi connectivity index (χ0v) is 41.2. The van der Waals surface area contributed by atoms with Gasteiger partial charge >= 0.3 is 5.97 Å². The van der Waals surface area contributed by atoms with E-state index in [1.165, 1.54) is 19.6 Å². The second-order valence-electron chi connectivity index (χ2n) is 19.9. The molecule has 2 unspecified atom stereocenters. The van der Waals surface area contributed by atoms with Crippen molar-refractivity contribution in [2.75, 3.05) is 52.4 Å². The zero-order chi connectivity index (χ0) is 50.6. The van der Waals surface area contributed by atoms with Crippen molar-refractivity contribution in [2.45, 2.75) is 150 Å². The molecule has 2 aliphatic heterocycles. The summed E-state index contributed by atoms with van der Waals surface area (Å²) >= 11 is 0. The molecule has 20 nitrogen and oxygen atoms in total. The van der Waals surface area contributed by atoms with E-state index >= 15 is 0 Å². The van der Waals surface area contributed by atoms with Crippen LogP contribution in [0.5, 0.6) is 0 Å². The molecule has 67 heavy (non-hydrogen) atoms. The van der Waals surface area contributed by atoms with Crippen molar-refractivity contribution in [1.29, 1.82) is 0 Å². The minimum atomic E-state index is -1.70. The van der Waals surface area contributed by atoms with Gasteiger partial charge in [-0.15, -0.1) is 0 Å². The lowest BCUT2D eigenvalue weighted by Gasteiger charge is -2.42. The van der Waals surface area contributed by atoms with Gasteiger partial charge in [0.2, 0.25) is 41.4 Å². The molecule has 5 N–H and O–H groups in total. The van der Waals surface area contributed by atoms with Gasteiger partial charge < -0.3 is 59.9 Å². The van der Waals surface area contributed by atoms with E-state index in [1.807, 2.05) is 27.7 Å². The number of aliphatic hydroxyl groups excluding tert-OH is 3. The van der Waals surface area contributed by atoms with Gasteiger partial charge in [-0.3, -0.25) is 38.4 Å². The summed E-state index contributed by atoms with van der Waals surface area (Å²) in [7, 11) is 0. The molecular weight excluding hydrogens is 871 g/mol. The number of nitrogens with zero attached hydrogens (tertiary/aromatic N) is 5. The third-order valence-electron chi connectivity index (χ3n) is 11.3. The highest BCUT2D eigenvalue weighted by Gasteiger charge is 2.46. The average molecular weight is 946 g/mol. The van der Waals surface area contributed by atoms with Crippen LogP contribution in [0.4, 0.5) is 0 Å². The number of likely N-dealkylation sites (tertiary alicyclic amines) is 1. The van der Waals surface area contributed by atoms with E-state index in [1.54, 1.807) is 71.9 Å². The number of esters is 1. The molecule has 376 valence electrons. The van der Waals surface area contributed by atoms with Crippen LogP contribution >= 0.6 is 0 Å². The average Bonchev–Trinajstić information content (AvgIpc) is 3.73. The Bertz CT molecular complexity index is 1890. The van der Waals surface area contributed by atoms with E-state index in [2.05, 4.69) is 10.6 Å². The van der Waals surface area contributed by atoms with E-state index < -0.39 is 122 Å². The van der Waals surface area contributed by atoms with Crippen molar-refractivity contribution in [1.82, 2.24) is 35.1 Å². The van der Waals surface area contributed by atoms with Gasteiger partial charge in [-0.25, -0.2) is 0 Å². The second kappa shape index (κ2) is 24.7. The van der Waals surface area contributed by atoms with E-state index in [9.17, 15) is 53.7 Å². The van der Waals surface area contributed by atoms with Crippen molar-refractivity contribution < 1.29 is 63.1 Å². The molecule has 7 atom stereocenters. The number of aliphatic hydroxyl groups is 3. The molecule has 0 radical (unpaired) electrons. The highest BCUT2D eigenvalue weighted by Crippen LogP contribution is 2.25. The Labute approximate surface area is 394 Å². The lowest BCUT2D eigenvalue weighted by Crippen LogP contribution is -2.68. The molecule has 0 saturated carbocycles. The van der Waals surface area contributed by atoms with E-state index in [0.717, 1.165) is 11.8 Å². The summed E-state index contributed by atoms with van der Waals surface area (Å²) in [6.45, 7) is 15.3. The van der Waals surface area contributed by atoms with Crippen LogP contribution in [0, 0.1) is 11.3 Å². The number of nitrogens with one attached hydrogen (secondary N) is 2. The van der Waals surface area contributed by atoms with Crippen molar-refractivity contribution in [3.63, 3.8) is 0 Å². The first-order valence-corrected chi connectivity index (χ1v) is 23.1. The first-order valence-electron chi connectivity index (χ1n) is 23.1. The van der Waals surface area contributed by atoms with Crippen LogP contribution in [0.3, 0.4) is 0 Å². The van der Waals surface area contributed by atoms with E-state index in [4.69, 9.17) is 9.47 Å². The van der Waals surface area contributed by atoms with Gasteiger partial charge in [0.05, 0.1) is 6.61 Å². The van der Waals surface area contributed by atoms with Crippen LogP contribution in [-0.4, -0.2) is 188 Å². The number of carbonyl (C=O) groups excluding carboxylic acids is 8. The second-order valence-corrected chi connectivity index (χ2v) is 19.9. The number of hydrogen-bond acceptors (Lipinski definition) is 13. The fourth-order valence-electron chi connectivity index (χ4n) is 7.86. The van der Waals surface area contributed by atoms with Crippen LogP contribution in [0.1, 0.15) is 101 Å². The Kier molecular flexibility index (Phi) is 20.7. The minimum Gasteiger partial charge on any atom is -0.459 e. The predicted octanol–water partition coefficient (Wildman–Crippen LogP) is 0.394. The van der Waals surface area contributed by atoms with Crippen LogP contribution in [-0.2, 0) is 54.4 Å². The van der Waals surface area contributed by atoms with Gasteiger partial charge in [-0.1, -0.05) is 71.9 Å². The fourth-order valence-corrected chi connectivity index (χ4v) is 7.86. The van der Waals surface area contributed by atoms with Crippen LogP contribution in [0.25, 0.3) is 0 Å². The quantitative estimate of drug-likeness (QED) is 0.111. The zero-order valence-electron chi connectivity index (χ0n) is 41.2. The number of benzene rings is 1.